The van der Waals surface area contributed by atoms with E-state index in [9.17, 15) is 4.79 Å². The predicted molar refractivity (Wildman–Crippen MR) is 47.2 cm³/mol. The summed E-state index contributed by atoms with van der Waals surface area (Å²) in [4.78, 5) is 10.7. The van der Waals surface area contributed by atoms with E-state index >= 15 is 0 Å². The van der Waals surface area contributed by atoms with Crippen LogP contribution in [0.1, 0.15) is 19.8 Å². The number of hydrogen-bond acceptors (Lipinski definition) is 3. The summed E-state index contributed by atoms with van der Waals surface area (Å²) in [5.41, 5.74) is -0.806. The van der Waals surface area contributed by atoms with Crippen molar-refractivity contribution in [1.82, 2.24) is 0 Å². The van der Waals surface area contributed by atoms with Gasteiger partial charge in [0, 0.05) is 0 Å². The highest BCUT2D eigenvalue weighted by molar-refractivity contribution is 6.21. The molecule has 1 unspecified atom stereocenters. The van der Waals surface area contributed by atoms with Crippen molar-refractivity contribution in [3.63, 3.8) is 0 Å². The fourth-order valence-corrected chi connectivity index (χ4v) is 0.547. The van der Waals surface area contributed by atoms with Crippen molar-refractivity contribution in [1.29, 1.82) is 0 Å². The SMILES string of the molecule is C=CC(Cl)OC(=O)OCCCC. The minimum Gasteiger partial charge on any atom is -0.434 e. The van der Waals surface area contributed by atoms with Gasteiger partial charge in [0.25, 0.3) is 0 Å². The second-order valence-corrected chi connectivity index (χ2v) is 2.59. The normalized spacial score (nSPS) is 11.8. The lowest BCUT2D eigenvalue weighted by atomic mass is 10.4. The summed E-state index contributed by atoms with van der Waals surface area (Å²) in [7, 11) is 0. The molecular weight excluding hydrogens is 180 g/mol. The van der Waals surface area contributed by atoms with E-state index in [2.05, 4.69) is 16.1 Å². The van der Waals surface area contributed by atoms with Crippen LogP contribution in [0.25, 0.3) is 0 Å². The summed E-state index contributed by atoms with van der Waals surface area (Å²) in [5, 5.41) is 0. The van der Waals surface area contributed by atoms with Gasteiger partial charge < -0.3 is 9.47 Å². The lowest BCUT2D eigenvalue weighted by Gasteiger charge is -2.06. The molecule has 70 valence electrons. The van der Waals surface area contributed by atoms with Crippen LogP contribution >= 0.6 is 11.6 Å². The maximum atomic E-state index is 10.7. The van der Waals surface area contributed by atoms with Gasteiger partial charge in [0.2, 0.25) is 0 Å². The summed E-state index contributed by atoms with van der Waals surface area (Å²) in [6.45, 7) is 5.72. The quantitative estimate of drug-likeness (QED) is 0.291. The lowest BCUT2D eigenvalue weighted by Crippen LogP contribution is -2.12. The third-order valence-corrected chi connectivity index (χ3v) is 1.38. The van der Waals surface area contributed by atoms with Gasteiger partial charge in [0.05, 0.1) is 6.61 Å². The molecule has 0 aliphatic carbocycles. The number of carbonyl (C=O) groups excluding carboxylic acids is 1. The molecule has 0 radical (unpaired) electrons. The molecule has 0 amide bonds. The average molecular weight is 193 g/mol. The highest BCUT2D eigenvalue weighted by Crippen LogP contribution is 2.01. The molecule has 0 saturated heterocycles. The molecular formula is C8H13ClO3. The topological polar surface area (TPSA) is 35.5 Å². The van der Waals surface area contributed by atoms with E-state index in [1.807, 2.05) is 6.92 Å². The van der Waals surface area contributed by atoms with Gasteiger partial charge >= 0.3 is 6.16 Å². The van der Waals surface area contributed by atoms with Crippen molar-refractivity contribution < 1.29 is 14.3 Å². The van der Waals surface area contributed by atoms with Crippen molar-refractivity contribution in [2.75, 3.05) is 6.61 Å². The molecule has 0 N–H and O–H groups in total. The molecule has 0 saturated carbocycles. The Morgan fingerprint density at radius 2 is 2.42 bits per heavy atom. The van der Waals surface area contributed by atoms with Gasteiger partial charge in [0.1, 0.15) is 0 Å². The van der Waals surface area contributed by atoms with Crippen LogP contribution in [0.4, 0.5) is 4.79 Å². The van der Waals surface area contributed by atoms with Crippen LogP contribution < -0.4 is 0 Å². The second-order valence-electron chi connectivity index (χ2n) is 2.16. The molecule has 0 aromatic carbocycles. The largest absolute Gasteiger partial charge is 0.510 e. The van der Waals surface area contributed by atoms with Crippen molar-refractivity contribution in [3.05, 3.63) is 12.7 Å². The first-order valence-electron chi connectivity index (χ1n) is 3.80. The van der Waals surface area contributed by atoms with Crippen molar-refractivity contribution >= 4 is 17.8 Å². The zero-order chi connectivity index (χ0) is 9.40. The molecule has 0 aromatic heterocycles. The molecule has 0 rings (SSSR count). The lowest BCUT2D eigenvalue weighted by molar-refractivity contribution is 0.0543. The molecule has 12 heavy (non-hydrogen) atoms. The van der Waals surface area contributed by atoms with Crippen LogP contribution in [-0.4, -0.2) is 18.3 Å². The van der Waals surface area contributed by atoms with Gasteiger partial charge in [-0.2, -0.15) is 0 Å². The first kappa shape index (κ1) is 11.3. The van der Waals surface area contributed by atoms with Crippen molar-refractivity contribution in [2.45, 2.75) is 25.3 Å². The van der Waals surface area contributed by atoms with Gasteiger partial charge in [-0.25, -0.2) is 4.79 Å². The van der Waals surface area contributed by atoms with E-state index in [1.165, 1.54) is 6.08 Å². The fourth-order valence-electron chi connectivity index (χ4n) is 0.474. The Morgan fingerprint density at radius 3 is 2.92 bits per heavy atom. The standard InChI is InChI=1S/C8H13ClO3/c1-3-5-6-11-8(10)12-7(9)4-2/h4,7H,2-3,5-6H2,1H3. The highest BCUT2D eigenvalue weighted by Gasteiger charge is 2.07. The maximum Gasteiger partial charge on any atom is 0.510 e. The Kier molecular flexibility index (Phi) is 6.57. The monoisotopic (exact) mass is 192 g/mol. The molecule has 0 spiro atoms. The van der Waals surface area contributed by atoms with E-state index in [0.29, 0.717) is 6.61 Å². The average Bonchev–Trinajstić information content (AvgIpc) is 2.05. The Hall–Kier alpha value is -0.700. The molecule has 0 aromatic rings. The number of alkyl halides is 1. The van der Waals surface area contributed by atoms with Crippen molar-refractivity contribution in [2.24, 2.45) is 0 Å². The van der Waals surface area contributed by atoms with E-state index in [1.54, 1.807) is 0 Å². The van der Waals surface area contributed by atoms with Crippen LogP contribution in [-0.2, 0) is 9.47 Å². The molecule has 1 atom stereocenters. The molecule has 0 aliphatic rings. The number of hydrogen-bond donors (Lipinski definition) is 0. The zero-order valence-corrected chi connectivity index (χ0v) is 7.84. The minimum atomic E-state index is -0.806. The van der Waals surface area contributed by atoms with Gasteiger partial charge in [0.15, 0.2) is 5.56 Å². The Morgan fingerprint density at radius 1 is 1.75 bits per heavy atom. The van der Waals surface area contributed by atoms with Crippen LogP contribution in [0.5, 0.6) is 0 Å². The first-order chi connectivity index (χ1) is 5.70. The van der Waals surface area contributed by atoms with Gasteiger partial charge in [-0.15, -0.1) is 0 Å². The Bertz CT molecular complexity index is 147. The second kappa shape index (κ2) is 6.98. The number of unbranched alkanes of at least 4 members (excludes halogenated alkanes) is 1. The van der Waals surface area contributed by atoms with E-state index in [4.69, 9.17) is 11.6 Å². The summed E-state index contributed by atoms with van der Waals surface area (Å²) in [6, 6.07) is 0. The third-order valence-electron chi connectivity index (χ3n) is 1.11. The highest BCUT2D eigenvalue weighted by atomic mass is 35.5. The van der Waals surface area contributed by atoms with E-state index < -0.39 is 11.7 Å². The maximum absolute atomic E-state index is 10.7. The molecule has 0 bridgehead atoms. The molecule has 0 aliphatic heterocycles. The van der Waals surface area contributed by atoms with Gasteiger partial charge in [-0.3, -0.25) is 0 Å². The van der Waals surface area contributed by atoms with Gasteiger partial charge in [-0.1, -0.05) is 31.5 Å². The number of carbonyl (C=O) groups is 1. The van der Waals surface area contributed by atoms with Crippen LogP contribution in [0, 0.1) is 0 Å². The smallest absolute Gasteiger partial charge is 0.434 e. The molecule has 4 heteroatoms. The fraction of sp³-hybridized carbons (Fsp3) is 0.625. The predicted octanol–water partition coefficient (Wildman–Crippen LogP) is 2.69. The molecule has 0 heterocycles. The van der Waals surface area contributed by atoms with E-state index in [-0.39, 0.29) is 0 Å². The van der Waals surface area contributed by atoms with Gasteiger partial charge in [-0.05, 0) is 12.5 Å². The van der Waals surface area contributed by atoms with Crippen molar-refractivity contribution in [3.8, 4) is 0 Å². The summed E-state index contributed by atoms with van der Waals surface area (Å²) < 4.78 is 9.19. The van der Waals surface area contributed by atoms with Crippen LogP contribution in [0.2, 0.25) is 0 Å². The summed E-state index contributed by atoms with van der Waals surface area (Å²) >= 11 is 5.43. The van der Waals surface area contributed by atoms with E-state index in [0.717, 1.165) is 12.8 Å². The number of halogens is 1. The zero-order valence-electron chi connectivity index (χ0n) is 7.09. The third kappa shape index (κ3) is 6.04. The molecule has 0 fully saturated rings. The first-order valence-corrected chi connectivity index (χ1v) is 4.24. The Balaban J connectivity index is 3.39. The van der Waals surface area contributed by atoms with Crippen LogP contribution in [0.15, 0.2) is 12.7 Å². The van der Waals surface area contributed by atoms with Crippen LogP contribution in [0.3, 0.4) is 0 Å². The summed E-state index contributed by atoms with van der Waals surface area (Å²) in [5.74, 6) is 0. The number of rotatable bonds is 5. The minimum absolute atomic E-state index is 0.371. The number of ether oxygens (including phenoxy) is 2. The molecule has 3 nitrogen and oxygen atoms in total. The Labute approximate surface area is 77.3 Å². The summed E-state index contributed by atoms with van der Waals surface area (Å²) in [6.07, 6.45) is 2.36.